The van der Waals surface area contributed by atoms with Gasteiger partial charge < -0.3 is 5.32 Å². The summed E-state index contributed by atoms with van der Waals surface area (Å²) in [4.78, 5) is 0. The summed E-state index contributed by atoms with van der Waals surface area (Å²) in [6.07, 6.45) is 0. The van der Waals surface area contributed by atoms with E-state index in [1.54, 1.807) is 6.07 Å². The molecule has 3 rings (SSSR count). The molecule has 0 aromatic heterocycles. The molecular weight excluding hydrogens is 325 g/mol. The van der Waals surface area contributed by atoms with Gasteiger partial charge in [0, 0.05) is 6.54 Å². The molecule has 0 saturated heterocycles. The number of rotatable bonds is 3. The van der Waals surface area contributed by atoms with Crippen molar-refractivity contribution in [1.82, 2.24) is 0 Å². The van der Waals surface area contributed by atoms with Gasteiger partial charge in [0.25, 0.3) is 0 Å². The summed E-state index contributed by atoms with van der Waals surface area (Å²) in [5.41, 5.74) is 5.96. The number of hydrogen-bond acceptors (Lipinski definition) is 3. The Kier molecular flexibility index (Phi) is 4.02. The van der Waals surface area contributed by atoms with Crippen LogP contribution in [0.15, 0.2) is 33.0 Å². The number of benzene rings is 2. The summed E-state index contributed by atoms with van der Waals surface area (Å²) in [5, 5.41) is 4.47. The van der Waals surface area contributed by atoms with E-state index in [-0.39, 0.29) is 0 Å². The summed E-state index contributed by atoms with van der Waals surface area (Å²) in [6.45, 7) is 4.90. The van der Waals surface area contributed by atoms with E-state index in [4.69, 9.17) is 23.2 Å². The first kappa shape index (κ1) is 14.6. The number of nitrogens with zero attached hydrogens (tertiary/aromatic N) is 2. The second kappa shape index (κ2) is 5.79. The van der Waals surface area contributed by atoms with Crippen molar-refractivity contribution in [1.29, 1.82) is 0 Å². The highest BCUT2D eigenvalue weighted by Gasteiger charge is 2.18. The van der Waals surface area contributed by atoms with Crippen molar-refractivity contribution in [3.63, 3.8) is 0 Å². The third-order valence-electron chi connectivity index (χ3n) is 3.53. The van der Waals surface area contributed by atoms with Crippen molar-refractivity contribution in [3.8, 4) is 0 Å². The molecule has 6 heteroatoms. The maximum absolute atomic E-state index is 6.30. The molecule has 0 saturated carbocycles. The van der Waals surface area contributed by atoms with Crippen LogP contribution in [0.4, 0.5) is 17.1 Å². The van der Waals surface area contributed by atoms with Crippen LogP contribution in [0.5, 0.6) is 0 Å². The molecule has 21 heavy (non-hydrogen) atoms. The molecule has 0 amide bonds. The van der Waals surface area contributed by atoms with Gasteiger partial charge in [-0.05, 0) is 36.6 Å². The Hall–Kier alpha value is -1.36. The van der Waals surface area contributed by atoms with E-state index in [0.29, 0.717) is 22.3 Å². The van der Waals surface area contributed by atoms with Gasteiger partial charge in [0.05, 0.1) is 27.1 Å². The van der Waals surface area contributed by atoms with E-state index < -0.39 is 0 Å². The van der Waals surface area contributed by atoms with Crippen molar-refractivity contribution < 1.29 is 0 Å². The largest absolute Gasteiger partial charge is 0.378 e. The van der Waals surface area contributed by atoms with Crippen LogP contribution in [0, 0.1) is 13.8 Å². The minimum atomic E-state index is 0.529. The van der Waals surface area contributed by atoms with Gasteiger partial charge in [-0.25, -0.2) is 0 Å². The standard InChI is InChI=1S/C15H13Cl2N3S/c1-8-4-3-5-9(2)10(8)7-18-13-11(16)6-12(17)14-15(13)20-21-19-14/h3-6,18H,7H2,1-2H3. The van der Waals surface area contributed by atoms with Crippen molar-refractivity contribution in [2.75, 3.05) is 5.32 Å². The van der Waals surface area contributed by atoms with Crippen LogP contribution in [0.25, 0.3) is 0 Å². The first-order chi connectivity index (χ1) is 10.1. The SMILES string of the molecule is Cc1cccc(C)c1CNc1c(Cl)cc(Cl)c2c1N=S=N2. The van der Waals surface area contributed by atoms with E-state index in [9.17, 15) is 0 Å². The van der Waals surface area contributed by atoms with E-state index in [1.165, 1.54) is 16.7 Å². The van der Waals surface area contributed by atoms with Crippen LogP contribution >= 0.6 is 23.2 Å². The lowest BCUT2D eigenvalue weighted by molar-refractivity contribution is 1.09. The third-order valence-corrected chi connectivity index (χ3v) is 4.64. The van der Waals surface area contributed by atoms with Gasteiger partial charge in [-0.15, -0.1) is 0 Å². The normalized spacial score (nSPS) is 12.2. The average Bonchev–Trinajstić information content (AvgIpc) is 2.91. The topological polar surface area (TPSA) is 36.8 Å². The second-order valence-electron chi connectivity index (χ2n) is 4.90. The number of aryl methyl sites for hydroxylation is 2. The molecule has 108 valence electrons. The van der Waals surface area contributed by atoms with Gasteiger partial charge in [0.1, 0.15) is 11.4 Å². The highest BCUT2D eigenvalue weighted by Crippen LogP contribution is 2.47. The summed E-state index contributed by atoms with van der Waals surface area (Å²) < 4.78 is 8.51. The highest BCUT2D eigenvalue weighted by molar-refractivity contribution is 7.58. The molecule has 0 radical (unpaired) electrons. The summed E-state index contributed by atoms with van der Waals surface area (Å²) in [7, 11) is 0. The third kappa shape index (κ3) is 2.71. The van der Waals surface area contributed by atoms with Crippen molar-refractivity contribution in [2.24, 2.45) is 8.73 Å². The van der Waals surface area contributed by atoms with Crippen LogP contribution in [-0.2, 0) is 17.9 Å². The summed E-state index contributed by atoms with van der Waals surface area (Å²) >= 11 is 13.6. The maximum atomic E-state index is 6.30. The summed E-state index contributed by atoms with van der Waals surface area (Å²) in [6, 6.07) is 7.98. The smallest absolute Gasteiger partial charge is 0.130 e. The Bertz CT molecular complexity index is 776. The number of nitrogens with one attached hydrogen (secondary N) is 1. The molecule has 1 aliphatic heterocycles. The molecule has 2 aromatic carbocycles. The minimum absolute atomic E-state index is 0.529. The van der Waals surface area contributed by atoms with Crippen molar-refractivity contribution >= 4 is 51.6 Å². The molecule has 0 spiro atoms. The molecule has 1 aliphatic rings. The zero-order valence-electron chi connectivity index (χ0n) is 11.6. The number of hydrogen-bond donors (Lipinski definition) is 1. The Balaban J connectivity index is 1.94. The first-order valence-corrected chi connectivity index (χ1v) is 7.96. The Labute approximate surface area is 137 Å². The monoisotopic (exact) mass is 337 g/mol. The van der Waals surface area contributed by atoms with Gasteiger partial charge >= 0.3 is 0 Å². The molecule has 1 heterocycles. The zero-order chi connectivity index (χ0) is 15.0. The fourth-order valence-corrected chi connectivity index (χ4v) is 3.53. The predicted molar refractivity (Wildman–Crippen MR) is 91.2 cm³/mol. The zero-order valence-corrected chi connectivity index (χ0v) is 13.9. The van der Waals surface area contributed by atoms with Crippen LogP contribution < -0.4 is 5.32 Å². The van der Waals surface area contributed by atoms with Gasteiger partial charge in [0.15, 0.2) is 0 Å². The molecule has 0 aliphatic carbocycles. The van der Waals surface area contributed by atoms with Crippen LogP contribution in [0.3, 0.4) is 0 Å². The second-order valence-corrected chi connectivity index (χ2v) is 6.24. The lowest BCUT2D eigenvalue weighted by Gasteiger charge is -2.15. The van der Waals surface area contributed by atoms with Crippen LogP contribution in [0.2, 0.25) is 10.0 Å². The van der Waals surface area contributed by atoms with E-state index in [0.717, 1.165) is 22.7 Å². The van der Waals surface area contributed by atoms with E-state index in [2.05, 4.69) is 46.1 Å². The number of halogens is 2. The van der Waals surface area contributed by atoms with E-state index >= 15 is 0 Å². The Morgan fingerprint density at radius 3 is 2.43 bits per heavy atom. The number of anilines is 1. The lowest BCUT2D eigenvalue weighted by Crippen LogP contribution is -2.04. The fraction of sp³-hybridized carbons (Fsp3) is 0.200. The predicted octanol–water partition coefficient (Wildman–Crippen LogP) is 5.95. The number of fused-ring (bicyclic) bond motifs is 1. The molecule has 0 atom stereocenters. The molecule has 0 bridgehead atoms. The molecule has 0 unspecified atom stereocenters. The Morgan fingerprint density at radius 2 is 1.71 bits per heavy atom. The first-order valence-electron chi connectivity index (χ1n) is 6.47. The van der Waals surface area contributed by atoms with Gasteiger partial charge in [0.2, 0.25) is 0 Å². The van der Waals surface area contributed by atoms with Crippen LogP contribution in [0.1, 0.15) is 16.7 Å². The van der Waals surface area contributed by atoms with Gasteiger partial charge in [-0.1, -0.05) is 41.4 Å². The molecule has 3 nitrogen and oxygen atoms in total. The Morgan fingerprint density at radius 1 is 1.05 bits per heavy atom. The molecule has 0 fully saturated rings. The lowest BCUT2D eigenvalue weighted by atomic mass is 10.0. The highest BCUT2D eigenvalue weighted by atomic mass is 35.5. The van der Waals surface area contributed by atoms with E-state index in [1.807, 2.05) is 0 Å². The average molecular weight is 338 g/mol. The minimum Gasteiger partial charge on any atom is -0.378 e. The fourth-order valence-electron chi connectivity index (χ4n) is 2.35. The summed E-state index contributed by atoms with van der Waals surface area (Å²) in [5.74, 6) is 0. The maximum Gasteiger partial charge on any atom is 0.130 e. The molecule has 1 N–H and O–H groups in total. The van der Waals surface area contributed by atoms with Gasteiger partial charge in [-0.3, -0.25) is 0 Å². The van der Waals surface area contributed by atoms with Crippen molar-refractivity contribution in [2.45, 2.75) is 20.4 Å². The van der Waals surface area contributed by atoms with Crippen molar-refractivity contribution in [3.05, 3.63) is 51.0 Å². The van der Waals surface area contributed by atoms with Crippen LogP contribution in [-0.4, -0.2) is 0 Å². The molecular formula is C15H13Cl2N3S. The molecule has 2 aromatic rings. The quantitative estimate of drug-likeness (QED) is 0.629. The van der Waals surface area contributed by atoms with Gasteiger partial charge in [-0.2, -0.15) is 8.73 Å².